The molecule has 2 aromatic rings. The topological polar surface area (TPSA) is 103 Å². The molecular weight excluding hydrogens is 499 g/mol. The number of carbonyl (C=O) groups is 2. The Morgan fingerprint density at radius 3 is 2.53 bits per heavy atom. The minimum absolute atomic E-state index is 0. The van der Waals surface area contributed by atoms with Crippen molar-refractivity contribution in [2.75, 3.05) is 45.8 Å². The van der Waals surface area contributed by atoms with Gasteiger partial charge in [0.1, 0.15) is 0 Å². The molecule has 0 saturated carbocycles. The molecule has 162 valence electrons. The first-order valence-electron chi connectivity index (χ1n) is 9.73. The lowest BCUT2D eigenvalue weighted by molar-refractivity contribution is 0.0657. The van der Waals surface area contributed by atoms with Crippen molar-refractivity contribution >= 4 is 41.8 Å². The molecule has 1 aliphatic rings. The first-order valence-corrected chi connectivity index (χ1v) is 9.73. The summed E-state index contributed by atoms with van der Waals surface area (Å²) in [4.78, 5) is 36.9. The number of rotatable bonds is 6. The van der Waals surface area contributed by atoms with Crippen molar-refractivity contribution in [2.24, 2.45) is 4.99 Å². The Labute approximate surface area is 192 Å². The van der Waals surface area contributed by atoms with E-state index in [0.29, 0.717) is 50.6 Å². The molecule has 10 heteroatoms. The average molecular weight is 526 g/mol. The third kappa shape index (κ3) is 6.44. The van der Waals surface area contributed by atoms with Gasteiger partial charge >= 0.3 is 0 Å². The lowest BCUT2D eigenvalue weighted by atomic mass is 10.3. The van der Waals surface area contributed by atoms with E-state index in [4.69, 9.17) is 4.42 Å². The van der Waals surface area contributed by atoms with Crippen LogP contribution in [0, 0.1) is 0 Å². The Kier molecular flexibility index (Phi) is 9.58. The predicted molar refractivity (Wildman–Crippen MR) is 124 cm³/mol. The smallest absolute Gasteiger partial charge is 0.289 e. The predicted octanol–water partition coefficient (Wildman–Crippen LogP) is 1.45. The molecule has 1 saturated heterocycles. The van der Waals surface area contributed by atoms with Crippen LogP contribution in [-0.2, 0) is 0 Å². The van der Waals surface area contributed by atoms with Crippen molar-refractivity contribution in [3.05, 3.63) is 54.2 Å². The van der Waals surface area contributed by atoms with Crippen molar-refractivity contribution in [1.82, 2.24) is 25.4 Å². The summed E-state index contributed by atoms with van der Waals surface area (Å²) in [6.45, 7) is 6.20. The van der Waals surface area contributed by atoms with E-state index in [9.17, 15) is 9.59 Å². The van der Waals surface area contributed by atoms with Crippen LogP contribution in [0.1, 0.15) is 27.8 Å². The molecule has 2 amide bonds. The Hall–Kier alpha value is -2.63. The standard InChI is InChI=1S/C20H26N6O3.HI/c1-2-22-20(24-9-8-23-18(27)16-5-3-7-21-15-16)26-12-10-25(11-13-26)19(28)17-6-4-14-29-17;/h3-7,14-15H,2,8-13H2,1H3,(H,22,24)(H,23,27);1H. The number of hydrogen-bond donors (Lipinski definition) is 2. The highest BCUT2D eigenvalue weighted by Gasteiger charge is 2.25. The SMILES string of the molecule is CCNC(=NCCNC(=O)c1cccnc1)N1CCN(C(=O)c2ccco2)CC1.I. The minimum atomic E-state index is -0.164. The van der Waals surface area contributed by atoms with E-state index in [0.717, 1.165) is 12.5 Å². The van der Waals surface area contributed by atoms with Gasteiger partial charge in [-0.15, -0.1) is 24.0 Å². The van der Waals surface area contributed by atoms with Gasteiger partial charge in [0.05, 0.1) is 18.4 Å². The lowest BCUT2D eigenvalue weighted by Gasteiger charge is -2.36. The quantitative estimate of drug-likeness (QED) is 0.256. The molecule has 0 atom stereocenters. The van der Waals surface area contributed by atoms with Gasteiger partial charge in [0.2, 0.25) is 0 Å². The van der Waals surface area contributed by atoms with Gasteiger partial charge in [-0.2, -0.15) is 0 Å². The van der Waals surface area contributed by atoms with Gasteiger partial charge in [-0.05, 0) is 31.2 Å². The molecule has 0 spiro atoms. The summed E-state index contributed by atoms with van der Waals surface area (Å²) in [7, 11) is 0. The van der Waals surface area contributed by atoms with Crippen molar-refractivity contribution in [2.45, 2.75) is 6.92 Å². The van der Waals surface area contributed by atoms with Gasteiger partial charge in [-0.3, -0.25) is 19.6 Å². The van der Waals surface area contributed by atoms with Crippen LogP contribution in [0.2, 0.25) is 0 Å². The average Bonchev–Trinajstić information content (AvgIpc) is 3.31. The zero-order valence-corrected chi connectivity index (χ0v) is 19.2. The number of aromatic nitrogens is 1. The summed E-state index contributed by atoms with van der Waals surface area (Å²) in [5, 5.41) is 6.12. The van der Waals surface area contributed by atoms with Crippen molar-refractivity contribution < 1.29 is 14.0 Å². The summed E-state index contributed by atoms with van der Waals surface area (Å²) in [5.74, 6) is 0.898. The highest BCUT2D eigenvalue weighted by molar-refractivity contribution is 14.0. The summed E-state index contributed by atoms with van der Waals surface area (Å²) < 4.78 is 5.20. The Balaban J connectivity index is 0.00000320. The normalized spacial score (nSPS) is 14.1. The van der Waals surface area contributed by atoms with Crippen LogP contribution in [0.15, 0.2) is 52.3 Å². The van der Waals surface area contributed by atoms with Gasteiger partial charge in [0.25, 0.3) is 11.8 Å². The molecular formula is C20H27IN6O3. The largest absolute Gasteiger partial charge is 0.459 e. The fraction of sp³-hybridized carbons (Fsp3) is 0.400. The number of halogens is 1. The number of nitrogens with one attached hydrogen (secondary N) is 2. The summed E-state index contributed by atoms with van der Waals surface area (Å²) >= 11 is 0. The number of piperazine rings is 1. The molecule has 9 nitrogen and oxygen atoms in total. The first-order chi connectivity index (χ1) is 14.2. The van der Waals surface area contributed by atoms with E-state index in [-0.39, 0.29) is 35.8 Å². The molecule has 30 heavy (non-hydrogen) atoms. The van der Waals surface area contributed by atoms with E-state index >= 15 is 0 Å². The van der Waals surface area contributed by atoms with E-state index in [1.807, 2.05) is 6.92 Å². The van der Waals surface area contributed by atoms with E-state index in [2.05, 4.69) is 25.5 Å². The molecule has 0 aromatic carbocycles. The number of amides is 2. The van der Waals surface area contributed by atoms with Crippen LogP contribution in [0.5, 0.6) is 0 Å². The lowest BCUT2D eigenvalue weighted by Crippen LogP contribution is -2.53. The molecule has 0 unspecified atom stereocenters. The highest BCUT2D eigenvalue weighted by Crippen LogP contribution is 2.09. The third-order valence-corrected chi connectivity index (χ3v) is 4.52. The molecule has 1 aliphatic heterocycles. The number of guanidine groups is 1. The second-order valence-corrected chi connectivity index (χ2v) is 6.49. The maximum atomic E-state index is 12.4. The van der Waals surface area contributed by atoms with Gasteiger partial charge < -0.3 is 24.9 Å². The molecule has 0 radical (unpaired) electrons. The molecule has 3 heterocycles. The third-order valence-electron chi connectivity index (χ3n) is 4.52. The first kappa shape index (κ1) is 23.6. The van der Waals surface area contributed by atoms with Crippen molar-refractivity contribution in [1.29, 1.82) is 0 Å². The van der Waals surface area contributed by atoms with Crippen LogP contribution in [0.4, 0.5) is 0 Å². The van der Waals surface area contributed by atoms with Gasteiger partial charge in [0, 0.05) is 51.7 Å². The Bertz CT molecular complexity index is 820. The zero-order chi connectivity index (χ0) is 20.5. The number of furan rings is 1. The van der Waals surface area contributed by atoms with Crippen molar-refractivity contribution in [3.63, 3.8) is 0 Å². The Morgan fingerprint density at radius 2 is 1.90 bits per heavy atom. The number of carbonyl (C=O) groups excluding carboxylic acids is 2. The maximum Gasteiger partial charge on any atom is 0.289 e. The molecule has 3 rings (SSSR count). The molecule has 2 aromatic heterocycles. The fourth-order valence-electron chi connectivity index (χ4n) is 3.03. The van der Waals surface area contributed by atoms with Crippen LogP contribution in [0.3, 0.4) is 0 Å². The second-order valence-electron chi connectivity index (χ2n) is 6.49. The number of aliphatic imine (C=N–C) groups is 1. The molecule has 0 bridgehead atoms. The van der Waals surface area contributed by atoms with E-state index in [1.54, 1.807) is 35.4 Å². The van der Waals surface area contributed by atoms with Crippen molar-refractivity contribution in [3.8, 4) is 0 Å². The fourth-order valence-corrected chi connectivity index (χ4v) is 3.03. The van der Waals surface area contributed by atoms with Gasteiger partial charge in [-0.25, -0.2) is 0 Å². The molecule has 1 fully saturated rings. The number of hydrogen-bond acceptors (Lipinski definition) is 5. The summed E-state index contributed by atoms with van der Waals surface area (Å²) in [5.41, 5.74) is 0.528. The number of nitrogens with zero attached hydrogens (tertiary/aromatic N) is 4. The van der Waals surface area contributed by atoms with E-state index in [1.165, 1.54) is 12.5 Å². The highest BCUT2D eigenvalue weighted by atomic mass is 127. The maximum absolute atomic E-state index is 12.4. The second kappa shape index (κ2) is 12.2. The van der Waals surface area contributed by atoms with Gasteiger partial charge in [-0.1, -0.05) is 0 Å². The number of pyridine rings is 1. The van der Waals surface area contributed by atoms with Gasteiger partial charge in [0.15, 0.2) is 11.7 Å². The van der Waals surface area contributed by atoms with Crippen LogP contribution in [-0.4, -0.2) is 78.4 Å². The van der Waals surface area contributed by atoms with Crippen LogP contribution >= 0.6 is 24.0 Å². The van der Waals surface area contributed by atoms with E-state index < -0.39 is 0 Å². The Morgan fingerprint density at radius 1 is 1.13 bits per heavy atom. The molecule has 0 aliphatic carbocycles. The van der Waals surface area contributed by atoms with Crippen LogP contribution < -0.4 is 10.6 Å². The monoisotopic (exact) mass is 526 g/mol. The molecule has 2 N–H and O–H groups in total. The zero-order valence-electron chi connectivity index (χ0n) is 16.9. The summed E-state index contributed by atoms with van der Waals surface area (Å²) in [6.07, 6.45) is 4.67. The summed E-state index contributed by atoms with van der Waals surface area (Å²) in [6, 6.07) is 6.85. The minimum Gasteiger partial charge on any atom is -0.459 e. The van der Waals surface area contributed by atoms with Crippen LogP contribution in [0.25, 0.3) is 0 Å².